The van der Waals surface area contributed by atoms with Gasteiger partial charge >= 0.3 is 0 Å². The quantitative estimate of drug-likeness (QED) is 0.322. The Labute approximate surface area is 207 Å². The van der Waals surface area contributed by atoms with E-state index in [4.69, 9.17) is 4.74 Å². The first-order chi connectivity index (χ1) is 17.0. The van der Waals surface area contributed by atoms with E-state index in [1.807, 2.05) is 91.0 Å². The van der Waals surface area contributed by atoms with E-state index in [0.717, 1.165) is 16.7 Å². The molecule has 0 spiro atoms. The summed E-state index contributed by atoms with van der Waals surface area (Å²) in [7, 11) is -3.82. The Kier molecular flexibility index (Phi) is 8.45. The van der Waals surface area contributed by atoms with Gasteiger partial charge in [0, 0.05) is 13.1 Å². The summed E-state index contributed by atoms with van der Waals surface area (Å²) in [5, 5.41) is 10.9. The summed E-state index contributed by atoms with van der Waals surface area (Å²) in [5.41, 5.74) is 2.76. The molecular formula is C29H29NO4S. The normalized spacial score (nSPS) is 12.7. The minimum Gasteiger partial charge on any atom is -0.389 e. The third kappa shape index (κ3) is 6.65. The number of nitrogens with zero attached hydrogens (tertiary/aromatic N) is 1. The van der Waals surface area contributed by atoms with Crippen LogP contribution in [0.4, 0.5) is 0 Å². The highest BCUT2D eigenvalue weighted by Crippen LogP contribution is 2.26. The van der Waals surface area contributed by atoms with E-state index in [9.17, 15) is 13.5 Å². The molecule has 4 rings (SSSR count). The lowest BCUT2D eigenvalue weighted by molar-refractivity contribution is -0.000778. The molecule has 6 heteroatoms. The molecule has 0 unspecified atom stereocenters. The van der Waals surface area contributed by atoms with Crippen molar-refractivity contribution in [3.8, 4) is 0 Å². The van der Waals surface area contributed by atoms with Gasteiger partial charge in [0.15, 0.2) is 0 Å². The minimum atomic E-state index is -3.82. The molecule has 0 heterocycles. The van der Waals surface area contributed by atoms with Gasteiger partial charge < -0.3 is 9.84 Å². The van der Waals surface area contributed by atoms with Crippen LogP contribution in [0.1, 0.15) is 22.8 Å². The van der Waals surface area contributed by atoms with Gasteiger partial charge in [-0.1, -0.05) is 109 Å². The number of benzene rings is 4. The van der Waals surface area contributed by atoms with Gasteiger partial charge in [0.1, 0.15) is 6.10 Å². The van der Waals surface area contributed by atoms with Gasteiger partial charge in [-0.05, 0) is 28.8 Å². The molecule has 180 valence electrons. The summed E-state index contributed by atoms with van der Waals surface area (Å²) in [5.74, 6) is 0. The van der Waals surface area contributed by atoms with Crippen LogP contribution in [-0.2, 0) is 21.3 Å². The lowest BCUT2D eigenvalue weighted by Gasteiger charge is -2.26. The Morgan fingerprint density at radius 1 is 0.686 bits per heavy atom. The Morgan fingerprint density at radius 2 is 1.14 bits per heavy atom. The molecule has 0 saturated carbocycles. The van der Waals surface area contributed by atoms with E-state index in [1.165, 1.54) is 4.31 Å². The molecule has 1 atom stereocenters. The second-order valence-corrected chi connectivity index (χ2v) is 10.2. The monoisotopic (exact) mass is 487 g/mol. The minimum absolute atomic E-state index is 0.0238. The van der Waals surface area contributed by atoms with Crippen LogP contribution in [0.3, 0.4) is 0 Å². The molecule has 0 aliphatic heterocycles. The highest BCUT2D eigenvalue weighted by atomic mass is 32.2. The van der Waals surface area contributed by atoms with Crippen molar-refractivity contribution in [1.82, 2.24) is 4.31 Å². The van der Waals surface area contributed by atoms with Crippen LogP contribution >= 0.6 is 0 Å². The van der Waals surface area contributed by atoms with E-state index in [-0.39, 0.29) is 30.7 Å². The maximum atomic E-state index is 13.4. The van der Waals surface area contributed by atoms with Crippen molar-refractivity contribution in [2.75, 3.05) is 13.2 Å². The van der Waals surface area contributed by atoms with Crippen molar-refractivity contribution in [1.29, 1.82) is 0 Å². The van der Waals surface area contributed by atoms with E-state index >= 15 is 0 Å². The van der Waals surface area contributed by atoms with Gasteiger partial charge in [0.25, 0.3) is 0 Å². The van der Waals surface area contributed by atoms with Crippen molar-refractivity contribution in [3.63, 3.8) is 0 Å². The molecule has 5 nitrogen and oxygen atoms in total. The van der Waals surface area contributed by atoms with Crippen LogP contribution in [-0.4, -0.2) is 37.1 Å². The van der Waals surface area contributed by atoms with Crippen LogP contribution in [0.15, 0.2) is 126 Å². The van der Waals surface area contributed by atoms with Crippen LogP contribution < -0.4 is 0 Å². The third-order valence-electron chi connectivity index (χ3n) is 5.66. The number of sulfonamides is 1. The van der Waals surface area contributed by atoms with Crippen molar-refractivity contribution < 1.29 is 18.3 Å². The number of rotatable bonds is 11. The molecule has 35 heavy (non-hydrogen) atoms. The van der Waals surface area contributed by atoms with Crippen molar-refractivity contribution >= 4 is 10.0 Å². The molecule has 1 N–H and O–H groups in total. The van der Waals surface area contributed by atoms with Crippen LogP contribution in [0.2, 0.25) is 0 Å². The fourth-order valence-electron chi connectivity index (χ4n) is 3.91. The van der Waals surface area contributed by atoms with Crippen LogP contribution in [0.25, 0.3) is 0 Å². The smallest absolute Gasteiger partial charge is 0.243 e. The number of hydrogen-bond donors (Lipinski definition) is 1. The topological polar surface area (TPSA) is 66.8 Å². The van der Waals surface area contributed by atoms with Gasteiger partial charge in [0.2, 0.25) is 10.0 Å². The van der Waals surface area contributed by atoms with E-state index in [1.54, 1.807) is 30.3 Å². The molecule has 0 radical (unpaired) electrons. The van der Waals surface area contributed by atoms with Gasteiger partial charge in [-0.25, -0.2) is 8.42 Å². The zero-order valence-electron chi connectivity index (χ0n) is 19.4. The summed E-state index contributed by atoms with van der Waals surface area (Å²) in [6, 6.07) is 37.2. The highest BCUT2D eigenvalue weighted by Gasteiger charge is 2.27. The molecule has 0 fully saturated rings. The first-order valence-electron chi connectivity index (χ1n) is 11.5. The summed E-state index contributed by atoms with van der Waals surface area (Å²) >= 11 is 0. The summed E-state index contributed by atoms with van der Waals surface area (Å²) in [4.78, 5) is 0.190. The largest absolute Gasteiger partial charge is 0.389 e. The second-order valence-electron chi connectivity index (χ2n) is 8.28. The second kappa shape index (κ2) is 11.9. The van der Waals surface area contributed by atoms with Gasteiger partial charge in [0.05, 0.1) is 17.6 Å². The molecule has 0 aromatic heterocycles. The molecule has 4 aromatic carbocycles. The van der Waals surface area contributed by atoms with Gasteiger partial charge in [-0.2, -0.15) is 4.31 Å². The number of ether oxygens (including phenoxy) is 1. The molecule has 4 aromatic rings. The zero-order valence-corrected chi connectivity index (χ0v) is 20.2. The number of aliphatic hydroxyl groups is 1. The number of aliphatic hydroxyl groups excluding tert-OH is 1. The predicted octanol–water partition coefficient (Wildman–Crippen LogP) is 5.04. The molecule has 0 aliphatic carbocycles. The fourth-order valence-corrected chi connectivity index (χ4v) is 5.40. The Hall–Kier alpha value is -3.29. The van der Waals surface area contributed by atoms with Crippen molar-refractivity contribution in [2.24, 2.45) is 0 Å². The summed E-state index contributed by atoms with van der Waals surface area (Å²) in [6.45, 7) is 0.0302. The maximum absolute atomic E-state index is 13.4. The lowest BCUT2D eigenvalue weighted by Crippen LogP contribution is -2.39. The maximum Gasteiger partial charge on any atom is 0.243 e. The molecular weight excluding hydrogens is 458 g/mol. The van der Waals surface area contributed by atoms with Crippen LogP contribution in [0.5, 0.6) is 0 Å². The first-order valence-corrected chi connectivity index (χ1v) is 13.0. The summed E-state index contributed by atoms with van der Waals surface area (Å²) in [6.07, 6.45) is -1.40. The van der Waals surface area contributed by atoms with E-state index in [0.29, 0.717) is 0 Å². The third-order valence-corrected chi connectivity index (χ3v) is 7.48. The zero-order chi connectivity index (χ0) is 24.5. The molecule has 0 amide bonds. The standard InChI is InChI=1S/C29H29NO4S/c31-27(23-34-29(25-15-7-2-8-16-25)26-17-9-3-10-18-26)22-30(21-24-13-5-1-6-14-24)35(32,33)28-19-11-4-12-20-28/h1-20,27,29,31H,21-23H2/t27-/m1/s1. The molecule has 0 saturated heterocycles. The SMILES string of the molecule is O=S(=O)(c1ccccc1)N(Cc1ccccc1)C[C@@H](O)COC(c1ccccc1)c1ccccc1. The summed E-state index contributed by atoms with van der Waals surface area (Å²) < 4.78 is 34.3. The number of hydrogen-bond acceptors (Lipinski definition) is 4. The Bertz CT molecular complexity index is 1230. The van der Waals surface area contributed by atoms with Crippen molar-refractivity contribution in [2.45, 2.75) is 23.6 Å². The fraction of sp³-hybridized carbons (Fsp3) is 0.172. The van der Waals surface area contributed by atoms with E-state index < -0.39 is 16.1 Å². The van der Waals surface area contributed by atoms with Crippen LogP contribution in [0, 0.1) is 0 Å². The molecule has 0 bridgehead atoms. The highest BCUT2D eigenvalue weighted by molar-refractivity contribution is 7.89. The Balaban J connectivity index is 1.52. The molecule has 0 aliphatic rings. The average molecular weight is 488 g/mol. The predicted molar refractivity (Wildman–Crippen MR) is 137 cm³/mol. The van der Waals surface area contributed by atoms with Gasteiger partial charge in [-0.15, -0.1) is 0 Å². The van der Waals surface area contributed by atoms with Gasteiger partial charge in [-0.3, -0.25) is 0 Å². The average Bonchev–Trinajstić information content (AvgIpc) is 2.91. The van der Waals surface area contributed by atoms with E-state index in [2.05, 4.69) is 0 Å². The lowest BCUT2D eigenvalue weighted by atomic mass is 10.0. The Morgan fingerprint density at radius 3 is 1.66 bits per heavy atom. The first kappa shape index (κ1) is 24.8. The van der Waals surface area contributed by atoms with Crippen molar-refractivity contribution in [3.05, 3.63) is 138 Å².